The van der Waals surface area contributed by atoms with E-state index in [9.17, 15) is 4.79 Å². The van der Waals surface area contributed by atoms with Crippen LogP contribution in [0.1, 0.15) is 59.3 Å². The lowest BCUT2D eigenvalue weighted by molar-refractivity contribution is -0.122. The first-order chi connectivity index (χ1) is 7.91. The molecule has 0 heterocycles. The van der Waals surface area contributed by atoms with Crippen LogP contribution in [0, 0.1) is 5.92 Å². The van der Waals surface area contributed by atoms with Gasteiger partial charge in [0.25, 0.3) is 0 Å². The standard InChI is InChI=1S/C13H28NO2P/c1-4-5-6-7-11(2)10-12(16)14-13(3,17)8-9-15/h11,15H,4-10,17H2,1-3H3,(H,14,16). The Hall–Kier alpha value is -0.140. The molecule has 1 amide bonds. The van der Waals surface area contributed by atoms with Gasteiger partial charge < -0.3 is 10.4 Å². The summed E-state index contributed by atoms with van der Waals surface area (Å²) in [6.45, 7) is 6.31. The molecule has 3 atom stereocenters. The lowest BCUT2D eigenvalue weighted by Crippen LogP contribution is -2.41. The van der Waals surface area contributed by atoms with E-state index in [0.29, 0.717) is 18.8 Å². The highest BCUT2D eigenvalue weighted by Gasteiger charge is 2.20. The molecule has 0 aromatic rings. The van der Waals surface area contributed by atoms with Crippen LogP contribution in [0.2, 0.25) is 0 Å². The maximum atomic E-state index is 11.8. The van der Waals surface area contributed by atoms with Gasteiger partial charge >= 0.3 is 0 Å². The average molecular weight is 261 g/mol. The van der Waals surface area contributed by atoms with Gasteiger partial charge in [-0.1, -0.05) is 39.5 Å². The molecule has 0 aliphatic heterocycles. The van der Waals surface area contributed by atoms with Crippen molar-refractivity contribution in [3.8, 4) is 0 Å². The third-order valence-electron chi connectivity index (χ3n) is 2.89. The van der Waals surface area contributed by atoms with Gasteiger partial charge in [-0.3, -0.25) is 4.79 Å². The molecule has 0 aliphatic rings. The Morgan fingerprint density at radius 1 is 1.47 bits per heavy atom. The number of carbonyl (C=O) groups excluding carboxylic acids is 1. The zero-order valence-corrected chi connectivity index (χ0v) is 12.6. The molecular formula is C13H28NO2P. The highest BCUT2D eigenvalue weighted by Crippen LogP contribution is 2.19. The zero-order chi connectivity index (χ0) is 13.3. The van der Waals surface area contributed by atoms with Crippen LogP contribution in [-0.2, 0) is 4.79 Å². The molecule has 0 spiro atoms. The fourth-order valence-corrected chi connectivity index (χ4v) is 2.12. The molecule has 0 bridgehead atoms. The summed E-state index contributed by atoms with van der Waals surface area (Å²) in [4.78, 5) is 11.8. The lowest BCUT2D eigenvalue weighted by atomic mass is 9.99. The highest BCUT2D eigenvalue weighted by molar-refractivity contribution is 7.18. The lowest BCUT2D eigenvalue weighted by Gasteiger charge is -2.26. The number of amides is 1. The Morgan fingerprint density at radius 3 is 2.65 bits per heavy atom. The van der Waals surface area contributed by atoms with Crippen molar-refractivity contribution in [1.82, 2.24) is 5.32 Å². The van der Waals surface area contributed by atoms with Gasteiger partial charge in [0.15, 0.2) is 0 Å². The molecule has 17 heavy (non-hydrogen) atoms. The average Bonchev–Trinajstić information content (AvgIpc) is 2.16. The molecule has 2 N–H and O–H groups in total. The normalized spacial score (nSPS) is 16.3. The first kappa shape index (κ1) is 16.9. The topological polar surface area (TPSA) is 49.3 Å². The van der Waals surface area contributed by atoms with E-state index in [1.807, 2.05) is 6.92 Å². The van der Waals surface area contributed by atoms with Crippen molar-refractivity contribution < 1.29 is 9.90 Å². The molecule has 0 aromatic carbocycles. The fourth-order valence-electron chi connectivity index (χ4n) is 1.83. The summed E-state index contributed by atoms with van der Waals surface area (Å²) in [5.41, 5.74) is 0. The van der Waals surface area contributed by atoms with Crippen LogP contribution in [0.5, 0.6) is 0 Å². The second-order valence-corrected chi connectivity index (χ2v) is 6.52. The van der Waals surface area contributed by atoms with Crippen molar-refractivity contribution in [2.24, 2.45) is 5.92 Å². The van der Waals surface area contributed by atoms with Crippen LogP contribution in [0.15, 0.2) is 0 Å². The minimum atomic E-state index is -0.380. The summed E-state index contributed by atoms with van der Waals surface area (Å²) in [6, 6.07) is 0. The number of nitrogens with one attached hydrogen (secondary N) is 1. The van der Waals surface area contributed by atoms with Crippen molar-refractivity contribution >= 4 is 15.1 Å². The van der Waals surface area contributed by atoms with Crippen molar-refractivity contribution in [1.29, 1.82) is 0 Å². The first-order valence-corrected chi connectivity index (χ1v) is 7.19. The molecule has 0 radical (unpaired) electrons. The number of aliphatic hydroxyl groups excluding tert-OH is 1. The third kappa shape index (κ3) is 9.55. The Labute approximate surface area is 108 Å². The summed E-state index contributed by atoms with van der Waals surface area (Å²) in [6.07, 6.45) is 5.94. The van der Waals surface area contributed by atoms with E-state index in [4.69, 9.17) is 5.11 Å². The molecule has 4 heteroatoms. The Balaban J connectivity index is 3.84. The van der Waals surface area contributed by atoms with Gasteiger partial charge in [-0.05, 0) is 19.3 Å². The van der Waals surface area contributed by atoms with E-state index in [-0.39, 0.29) is 17.8 Å². The molecule has 3 nitrogen and oxygen atoms in total. The van der Waals surface area contributed by atoms with Gasteiger partial charge in [0.1, 0.15) is 0 Å². The maximum absolute atomic E-state index is 11.8. The summed E-state index contributed by atoms with van der Waals surface area (Å²) in [5.74, 6) is 0.524. The van der Waals surface area contributed by atoms with Gasteiger partial charge in [0, 0.05) is 13.0 Å². The van der Waals surface area contributed by atoms with Gasteiger partial charge in [0.2, 0.25) is 5.91 Å². The van der Waals surface area contributed by atoms with Crippen LogP contribution in [0.25, 0.3) is 0 Å². The van der Waals surface area contributed by atoms with E-state index in [1.54, 1.807) is 0 Å². The second kappa shape index (κ2) is 8.88. The van der Waals surface area contributed by atoms with Gasteiger partial charge in [0.05, 0.1) is 5.28 Å². The van der Waals surface area contributed by atoms with Crippen molar-refractivity contribution in [3.63, 3.8) is 0 Å². The second-order valence-electron chi connectivity index (χ2n) is 5.24. The van der Waals surface area contributed by atoms with Crippen molar-refractivity contribution in [3.05, 3.63) is 0 Å². The molecule has 0 saturated carbocycles. The van der Waals surface area contributed by atoms with Crippen molar-refractivity contribution in [2.75, 3.05) is 6.61 Å². The van der Waals surface area contributed by atoms with Crippen LogP contribution in [-0.4, -0.2) is 22.9 Å². The molecule has 0 saturated heterocycles. The monoisotopic (exact) mass is 261 g/mol. The van der Waals surface area contributed by atoms with E-state index < -0.39 is 0 Å². The van der Waals surface area contributed by atoms with Gasteiger partial charge in [-0.25, -0.2) is 0 Å². The number of rotatable bonds is 9. The van der Waals surface area contributed by atoms with E-state index in [1.165, 1.54) is 19.3 Å². The molecule has 0 fully saturated rings. The van der Waals surface area contributed by atoms with Crippen LogP contribution in [0.4, 0.5) is 0 Å². The summed E-state index contributed by atoms with van der Waals surface area (Å²) in [7, 11) is 2.60. The summed E-state index contributed by atoms with van der Waals surface area (Å²) in [5, 5.41) is 11.4. The van der Waals surface area contributed by atoms with Gasteiger partial charge in [-0.2, -0.15) is 0 Å². The van der Waals surface area contributed by atoms with Crippen LogP contribution >= 0.6 is 9.24 Å². The molecule has 0 rings (SSSR count). The quantitative estimate of drug-likeness (QED) is 0.495. The Kier molecular flexibility index (Phi) is 8.81. The molecule has 0 aromatic heterocycles. The third-order valence-corrected chi connectivity index (χ3v) is 3.32. The van der Waals surface area contributed by atoms with E-state index in [2.05, 4.69) is 28.4 Å². The Bertz CT molecular complexity index is 219. The fraction of sp³-hybridized carbons (Fsp3) is 0.923. The zero-order valence-electron chi connectivity index (χ0n) is 11.5. The minimum absolute atomic E-state index is 0.0833. The number of unbranched alkanes of at least 4 members (excludes halogenated alkanes) is 2. The van der Waals surface area contributed by atoms with E-state index in [0.717, 1.165) is 6.42 Å². The molecule has 102 valence electrons. The molecule has 0 aliphatic carbocycles. The SMILES string of the molecule is CCCCCC(C)CC(=O)NC(C)(P)CCO. The largest absolute Gasteiger partial charge is 0.396 e. The van der Waals surface area contributed by atoms with Crippen LogP contribution in [0.3, 0.4) is 0 Å². The number of aliphatic hydroxyl groups is 1. The number of hydrogen-bond acceptors (Lipinski definition) is 2. The smallest absolute Gasteiger partial charge is 0.220 e. The van der Waals surface area contributed by atoms with Gasteiger partial charge in [-0.15, -0.1) is 9.24 Å². The highest BCUT2D eigenvalue weighted by atomic mass is 31.0. The predicted molar refractivity (Wildman–Crippen MR) is 75.9 cm³/mol. The van der Waals surface area contributed by atoms with Crippen molar-refractivity contribution in [2.45, 2.75) is 64.6 Å². The number of carbonyl (C=O) groups is 1. The van der Waals surface area contributed by atoms with E-state index >= 15 is 0 Å². The predicted octanol–water partition coefficient (Wildman–Crippen LogP) is 2.68. The Morgan fingerprint density at radius 2 is 2.12 bits per heavy atom. The maximum Gasteiger partial charge on any atom is 0.220 e. The van der Waals surface area contributed by atoms with Crippen LogP contribution < -0.4 is 5.32 Å². The first-order valence-electron chi connectivity index (χ1n) is 6.62. The summed E-state index contributed by atoms with van der Waals surface area (Å²) < 4.78 is 0. The number of hydrogen-bond donors (Lipinski definition) is 2. The minimum Gasteiger partial charge on any atom is -0.396 e. The molecule has 3 unspecified atom stereocenters. The summed E-state index contributed by atoms with van der Waals surface area (Å²) >= 11 is 0. The molecular weight excluding hydrogens is 233 g/mol.